The summed E-state index contributed by atoms with van der Waals surface area (Å²) in [4.78, 5) is 0. The lowest BCUT2D eigenvalue weighted by Gasteiger charge is -2.50. The van der Waals surface area contributed by atoms with Crippen molar-refractivity contribution in [1.29, 1.82) is 0 Å². The molecule has 1 atom stereocenters. The standard InChI is InChI=1S/C10H24S/c1-8-11(7,9(2)3)10(4,5)6/h9H,8H2,1-7H3. The lowest BCUT2D eigenvalue weighted by molar-refractivity contribution is 0.772. The Kier molecular flexibility index (Phi) is 3.49. The van der Waals surface area contributed by atoms with Gasteiger partial charge >= 0.3 is 0 Å². The molecule has 70 valence electrons. The molecular formula is C10H24S. The van der Waals surface area contributed by atoms with Crippen LogP contribution in [0.2, 0.25) is 0 Å². The molecule has 0 amide bonds. The monoisotopic (exact) mass is 176 g/mol. The molecule has 0 fully saturated rings. The van der Waals surface area contributed by atoms with Crippen molar-refractivity contribution in [3.63, 3.8) is 0 Å². The molecule has 0 rings (SSSR count). The molecule has 0 aliphatic carbocycles. The summed E-state index contributed by atoms with van der Waals surface area (Å²) in [5.41, 5.74) is 0. The molecule has 0 aromatic heterocycles. The van der Waals surface area contributed by atoms with Crippen LogP contribution in [-0.2, 0) is 0 Å². The SMILES string of the molecule is CCS(C)(C(C)C)C(C)(C)C. The van der Waals surface area contributed by atoms with Gasteiger partial charge < -0.3 is 0 Å². The molecule has 0 N–H and O–H groups in total. The molecule has 0 radical (unpaired) electrons. The highest BCUT2D eigenvalue weighted by molar-refractivity contribution is 8.34. The van der Waals surface area contributed by atoms with Crippen LogP contribution < -0.4 is 0 Å². The predicted molar refractivity (Wildman–Crippen MR) is 58.9 cm³/mol. The maximum absolute atomic E-state index is 2.48. The Labute approximate surface area is 74.1 Å². The summed E-state index contributed by atoms with van der Waals surface area (Å²) in [6.07, 6.45) is 2.48. The van der Waals surface area contributed by atoms with E-state index in [2.05, 4.69) is 47.8 Å². The molecule has 0 aromatic carbocycles. The summed E-state index contributed by atoms with van der Waals surface area (Å²) in [6.45, 7) is 14.2. The van der Waals surface area contributed by atoms with Gasteiger partial charge in [0.2, 0.25) is 0 Å². The third-order valence-electron chi connectivity index (χ3n) is 3.04. The van der Waals surface area contributed by atoms with Gasteiger partial charge in [0.25, 0.3) is 0 Å². The highest BCUT2D eigenvalue weighted by Gasteiger charge is 2.32. The fourth-order valence-corrected chi connectivity index (χ4v) is 4.42. The van der Waals surface area contributed by atoms with Gasteiger partial charge in [-0.3, -0.25) is 0 Å². The molecule has 0 saturated heterocycles. The smallest absolute Gasteiger partial charge is 0.00826 e. The van der Waals surface area contributed by atoms with E-state index in [1.165, 1.54) is 5.75 Å². The van der Waals surface area contributed by atoms with Gasteiger partial charge in [0.05, 0.1) is 0 Å². The van der Waals surface area contributed by atoms with Crippen molar-refractivity contribution in [2.75, 3.05) is 12.0 Å². The zero-order valence-electron chi connectivity index (χ0n) is 9.19. The van der Waals surface area contributed by atoms with E-state index in [1.54, 1.807) is 0 Å². The summed E-state index contributed by atoms with van der Waals surface area (Å²) in [6, 6.07) is 0. The van der Waals surface area contributed by atoms with E-state index in [0.29, 0.717) is 4.75 Å². The lowest BCUT2D eigenvalue weighted by atomic mass is 10.3. The van der Waals surface area contributed by atoms with Crippen molar-refractivity contribution in [1.82, 2.24) is 0 Å². The first-order valence-electron chi connectivity index (χ1n) is 4.50. The van der Waals surface area contributed by atoms with Gasteiger partial charge in [0.15, 0.2) is 0 Å². The van der Waals surface area contributed by atoms with E-state index >= 15 is 0 Å². The third-order valence-corrected chi connectivity index (χ3v) is 9.12. The third kappa shape index (κ3) is 2.14. The van der Waals surface area contributed by atoms with Crippen molar-refractivity contribution < 1.29 is 0 Å². The first-order valence-corrected chi connectivity index (χ1v) is 6.77. The van der Waals surface area contributed by atoms with Crippen LogP contribution in [0.1, 0.15) is 41.5 Å². The molecule has 0 nitrogen and oxygen atoms in total. The Morgan fingerprint density at radius 1 is 1.18 bits per heavy atom. The fourth-order valence-electron chi connectivity index (χ4n) is 1.47. The van der Waals surface area contributed by atoms with Crippen LogP contribution in [0.15, 0.2) is 0 Å². The second-order valence-electron chi connectivity index (χ2n) is 4.61. The molecule has 0 spiro atoms. The van der Waals surface area contributed by atoms with Crippen LogP contribution in [0.3, 0.4) is 0 Å². The molecule has 0 aliphatic heterocycles. The van der Waals surface area contributed by atoms with Gasteiger partial charge in [0.1, 0.15) is 0 Å². The first-order chi connectivity index (χ1) is 4.75. The van der Waals surface area contributed by atoms with E-state index in [-0.39, 0.29) is 0 Å². The summed E-state index contributed by atoms with van der Waals surface area (Å²) in [5, 5.41) is 0.854. The van der Waals surface area contributed by atoms with E-state index in [0.717, 1.165) is 5.25 Å². The van der Waals surface area contributed by atoms with Gasteiger partial charge in [-0.2, -0.15) is 0 Å². The Morgan fingerprint density at radius 2 is 1.55 bits per heavy atom. The average molecular weight is 176 g/mol. The van der Waals surface area contributed by atoms with E-state index < -0.39 is 10.0 Å². The minimum atomic E-state index is -0.410. The minimum absolute atomic E-state index is 0.410. The van der Waals surface area contributed by atoms with E-state index in [9.17, 15) is 0 Å². The van der Waals surface area contributed by atoms with Crippen LogP contribution in [0.25, 0.3) is 0 Å². The highest BCUT2D eigenvalue weighted by atomic mass is 32.3. The molecule has 0 bridgehead atoms. The van der Waals surface area contributed by atoms with Crippen LogP contribution in [0.4, 0.5) is 0 Å². The maximum atomic E-state index is 2.48. The maximum Gasteiger partial charge on any atom is -0.00826 e. The zero-order valence-corrected chi connectivity index (χ0v) is 10.0. The van der Waals surface area contributed by atoms with Crippen LogP contribution in [0, 0.1) is 0 Å². The Morgan fingerprint density at radius 3 is 1.55 bits per heavy atom. The van der Waals surface area contributed by atoms with Gasteiger partial charge in [0, 0.05) is 0 Å². The summed E-state index contributed by atoms with van der Waals surface area (Å²) >= 11 is 0. The van der Waals surface area contributed by atoms with Gasteiger partial charge in [-0.15, -0.1) is 0 Å². The molecule has 0 saturated carbocycles. The Balaban J connectivity index is 4.61. The van der Waals surface area contributed by atoms with Gasteiger partial charge in [-0.1, -0.05) is 41.5 Å². The minimum Gasteiger partial charge on any atom is -0.237 e. The predicted octanol–water partition coefficient (Wildman–Crippen LogP) is 3.65. The number of rotatable bonds is 2. The molecular weight excluding hydrogens is 152 g/mol. The fraction of sp³-hybridized carbons (Fsp3) is 1.00. The zero-order chi connectivity index (χ0) is 9.28. The molecule has 11 heavy (non-hydrogen) atoms. The molecule has 0 aliphatic rings. The Bertz CT molecular complexity index is 121. The van der Waals surface area contributed by atoms with Gasteiger partial charge in [-0.05, 0) is 22.0 Å². The van der Waals surface area contributed by atoms with Crippen molar-refractivity contribution >= 4 is 10.0 Å². The topological polar surface area (TPSA) is 0 Å². The largest absolute Gasteiger partial charge is 0.237 e. The van der Waals surface area contributed by atoms with Crippen molar-refractivity contribution in [3.8, 4) is 0 Å². The second-order valence-corrected chi connectivity index (χ2v) is 9.67. The first kappa shape index (κ1) is 11.4. The normalized spacial score (nSPS) is 21.5. The second kappa shape index (κ2) is 3.38. The summed E-state index contributed by atoms with van der Waals surface area (Å²) < 4.78 is 0.510. The lowest BCUT2D eigenvalue weighted by Crippen LogP contribution is -2.31. The van der Waals surface area contributed by atoms with Crippen molar-refractivity contribution in [2.24, 2.45) is 0 Å². The number of hydrogen-bond acceptors (Lipinski definition) is 0. The molecule has 1 heteroatoms. The van der Waals surface area contributed by atoms with E-state index in [1.807, 2.05) is 0 Å². The van der Waals surface area contributed by atoms with Crippen molar-refractivity contribution in [3.05, 3.63) is 0 Å². The van der Waals surface area contributed by atoms with Crippen LogP contribution in [0.5, 0.6) is 0 Å². The molecule has 0 aromatic rings. The molecule has 1 unspecified atom stereocenters. The number of hydrogen-bond donors (Lipinski definition) is 0. The summed E-state index contributed by atoms with van der Waals surface area (Å²) in [5.74, 6) is 1.36. The van der Waals surface area contributed by atoms with Crippen LogP contribution >= 0.6 is 10.0 Å². The van der Waals surface area contributed by atoms with Crippen LogP contribution in [-0.4, -0.2) is 22.0 Å². The van der Waals surface area contributed by atoms with E-state index in [4.69, 9.17) is 0 Å². The quantitative estimate of drug-likeness (QED) is 0.602. The summed E-state index contributed by atoms with van der Waals surface area (Å²) in [7, 11) is -0.410. The van der Waals surface area contributed by atoms with Gasteiger partial charge in [-0.25, -0.2) is 10.0 Å². The Hall–Kier alpha value is 0.350. The molecule has 0 heterocycles. The van der Waals surface area contributed by atoms with Crippen molar-refractivity contribution in [2.45, 2.75) is 51.5 Å². The highest BCUT2D eigenvalue weighted by Crippen LogP contribution is 2.59. The average Bonchev–Trinajstić information content (AvgIpc) is 1.83.